The van der Waals surface area contributed by atoms with Crippen LogP contribution < -0.4 is 5.14 Å². The van der Waals surface area contributed by atoms with E-state index in [0.29, 0.717) is 0 Å². The third-order valence-corrected chi connectivity index (χ3v) is 5.13. The van der Waals surface area contributed by atoms with E-state index < -0.39 is 21.1 Å². The summed E-state index contributed by atoms with van der Waals surface area (Å²) in [5.41, 5.74) is 0. The molecule has 0 spiro atoms. The molecule has 0 heterocycles. The summed E-state index contributed by atoms with van der Waals surface area (Å²) in [6, 6.07) is 9.46. The van der Waals surface area contributed by atoms with Crippen molar-refractivity contribution in [3.8, 4) is 0 Å². The Bertz CT molecular complexity index is 456. The number of nitrogens with two attached hydrogens (primary N) is 1. The van der Waals surface area contributed by atoms with Gasteiger partial charge in [-0.2, -0.15) is 19.3 Å². The summed E-state index contributed by atoms with van der Waals surface area (Å²) in [6.45, 7) is 0. The van der Waals surface area contributed by atoms with Crippen molar-refractivity contribution in [3.05, 3.63) is 30.3 Å². The zero-order chi connectivity index (χ0) is 11.5. The van der Waals surface area contributed by atoms with E-state index in [2.05, 4.69) is 17.0 Å². The molecule has 7 heteroatoms. The summed E-state index contributed by atoms with van der Waals surface area (Å²) >= 11 is 4.05. The van der Waals surface area contributed by atoms with Crippen molar-refractivity contribution in [3.63, 3.8) is 0 Å². The van der Waals surface area contributed by atoms with Crippen molar-refractivity contribution < 1.29 is 8.42 Å². The van der Waals surface area contributed by atoms with Crippen LogP contribution in [0.25, 0.3) is 0 Å². The highest BCUT2D eigenvalue weighted by Gasteiger charge is 2.08. The fraction of sp³-hybridized carbons (Fsp3) is 0.125. The molecule has 84 valence electrons. The maximum Gasteiger partial charge on any atom is 0.318 e. The summed E-state index contributed by atoms with van der Waals surface area (Å²) in [5, 5.41) is 4.80. The lowest BCUT2D eigenvalue weighted by Crippen LogP contribution is -2.10. The molecular weight excluding hydrogens is 252 g/mol. The lowest BCUT2D eigenvalue weighted by atomic mass is 10.4. The van der Waals surface area contributed by atoms with E-state index in [1.54, 1.807) is 0 Å². The van der Waals surface area contributed by atoms with Gasteiger partial charge < -0.3 is 0 Å². The highest BCUT2D eigenvalue weighted by molar-refractivity contribution is 8.43. The van der Waals surface area contributed by atoms with Crippen LogP contribution in [0.2, 0.25) is 0 Å². The predicted molar refractivity (Wildman–Crippen MR) is 69.1 cm³/mol. The van der Waals surface area contributed by atoms with Crippen LogP contribution in [0.15, 0.2) is 39.6 Å². The summed E-state index contributed by atoms with van der Waals surface area (Å²) < 4.78 is 25.1. The number of hydrogen-bond acceptors (Lipinski definition) is 2. The van der Waals surface area contributed by atoms with Gasteiger partial charge in [0.1, 0.15) is 4.38 Å². The standard InChI is InChI=1S/C8H12N2O2S3/c1-14(7-5-3-2-4-6-7)8(13)10-15(9,11)12/h2-6,14H,1H3,(H,10,13)(H2,9,11,12). The monoisotopic (exact) mass is 264 g/mol. The van der Waals surface area contributed by atoms with Gasteiger partial charge in [-0.3, -0.25) is 0 Å². The molecule has 0 fully saturated rings. The van der Waals surface area contributed by atoms with Crippen LogP contribution in [-0.4, -0.2) is 19.0 Å². The third kappa shape index (κ3) is 4.25. The van der Waals surface area contributed by atoms with Crippen LogP contribution in [0.4, 0.5) is 0 Å². The molecular formula is C8H12N2O2S3. The van der Waals surface area contributed by atoms with E-state index >= 15 is 0 Å². The first-order valence-electron chi connectivity index (χ1n) is 4.00. The molecule has 0 aliphatic carbocycles. The zero-order valence-corrected chi connectivity index (χ0v) is 10.6. The van der Waals surface area contributed by atoms with Crippen LogP contribution in [-0.2, 0) is 10.2 Å². The van der Waals surface area contributed by atoms with Crippen LogP contribution in [0.5, 0.6) is 0 Å². The van der Waals surface area contributed by atoms with Crippen molar-refractivity contribution in [2.24, 2.45) is 9.54 Å². The molecule has 1 atom stereocenters. The van der Waals surface area contributed by atoms with Gasteiger partial charge in [-0.1, -0.05) is 18.2 Å². The summed E-state index contributed by atoms with van der Waals surface area (Å²) in [4.78, 5) is 1.00. The first kappa shape index (κ1) is 12.6. The van der Waals surface area contributed by atoms with Gasteiger partial charge in [0, 0.05) is 0 Å². The van der Waals surface area contributed by atoms with E-state index in [1.807, 2.05) is 36.6 Å². The highest BCUT2D eigenvalue weighted by atomic mass is 32.2. The van der Waals surface area contributed by atoms with E-state index in [1.165, 1.54) is 0 Å². The van der Waals surface area contributed by atoms with Crippen molar-refractivity contribution in [1.82, 2.24) is 0 Å². The van der Waals surface area contributed by atoms with Gasteiger partial charge in [-0.05, 0) is 23.3 Å². The minimum absolute atomic E-state index is 0.249. The molecule has 1 rings (SSSR count). The molecule has 0 aliphatic heterocycles. The quantitative estimate of drug-likeness (QED) is 0.426. The topological polar surface area (TPSA) is 72.5 Å². The number of benzene rings is 1. The van der Waals surface area contributed by atoms with Crippen molar-refractivity contribution >= 4 is 38.1 Å². The average Bonchev–Trinajstić information content (AvgIpc) is 2.15. The maximum atomic E-state index is 10.7. The summed E-state index contributed by atoms with van der Waals surface area (Å²) in [6.07, 6.45) is 1.88. The lowest BCUT2D eigenvalue weighted by molar-refractivity contribution is 0.600. The van der Waals surface area contributed by atoms with Gasteiger partial charge in [-0.25, -0.2) is 5.14 Å². The molecule has 2 N–H and O–H groups in total. The Balaban J connectivity index is 2.97. The second kappa shape index (κ2) is 5.02. The van der Waals surface area contributed by atoms with E-state index in [9.17, 15) is 8.42 Å². The summed E-state index contributed by atoms with van der Waals surface area (Å²) in [5.74, 6) is 0. The average molecular weight is 264 g/mol. The lowest BCUT2D eigenvalue weighted by Gasteiger charge is -2.14. The molecule has 0 bridgehead atoms. The Hall–Kier alpha value is -0.500. The second-order valence-electron chi connectivity index (χ2n) is 2.80. The molecule has 1 unspecified atom stereocenters. The third-order valence-electron chi connectivity index (χ3n) is 1.65. The first-order valence-corrected chi connectivity index (χ1v) is 7.74. The minimum atomic E-state index is -3.85. The van der Waals surface area contributed by atoms with Gasteiger partial charge in [0.15, 0.2) is 0 Å². The van der Waals surface area contributed by atoms with E-state index in [-0.39, 0.29) is 4.38 Å². The Labute approximate surface area is 97.5 Å². The molecule has 0 aromatic heterocycles. The first-order chi connectivity index (χ1) is 6.90. The predicted octanol–water partition coefficient (Wildman–Crippen LogP) is 1.17. The number of hydrogen-bond donors (Lipinski definition) is 3. The van der Waals surface area contributed by atoms with Crippen LogP contribution >= 0.6 is 23.5 Å². The van der Waals surface area contributed by atoms with Crippen molar-refractivity contribution in [2.75, 3.05) is 6.26 Å². The summed E-state index contributed by atoms with van der Waals surface area (Å²) in [7, 11) is -4.69. The van der Waals surface area contributed by atoms with Crippen LogP contribution in [0.3, 0.4) is 0 Å². The van der Waals surface area contributed by atoms with Gasteiger partial charge >= 0.3 is 10.2 Å². The van der Waals surface area contributed by atoms with Crippen molar-refractivity contribution in [2.45, 2.75) is 4.90 Å². The number of thiol groups is 2. The molecule has 4 nitrogen and oxygen atoms in total. The Morgan fingerprint density at radius 3 is 2.40 bits per heavy atom. The molecule has 1 aromatic carbocycles. The molecule has 0 saturated carbocycles. The van der Waals surface area contributed by atoms with Gasteiger partial charge in [0.25, 0.3) is 0 Å². The minimum Gasteiger partial charge on any atom is -0.210 e. The number of nitrogens with zero attached hydrogens (tertiary/aromatic N) is 1. The molecule has 0 saturated heterocycles. The normalized spacial score (nSPS) is 16.2. The van der Waals surface area contributed by atoms with Gasteiger partial charge in [0.05, 0.1) is 0 Å². The van der Waals surface area contributed by atoms with Gasteiger partial charge in [-0.15, -0.1) is 17.0 Å². The van der Waals surface area contributed by atoms with Gasteiger partial charge in [0.2, 0.25) is 0 Å². The van der Waals surface area contributed by atoms with Crippen LogP contribution in [0, 0.1) is 0 Å². The van der Waals surface area contributed by atoms with Crippen LogP contribution in [0.1, 0.15) is 0 Å². The largest absolute Gasteiger partial charge is 0.318 e. The number of rotatable bonds is 2. The Morgan fingerprint density at radius 2 is 1.93 bits per heavy atom. The molecule has 1 aromatic rings. The Kier molecular flexibility index (Phi) is 4.21. The smallest absolute Gasteiger partial charge is 0.210 e. The van der Waals surface area contributed by atoms with Crippen molar-refractivity contribution in [1.29, 1.82) is 0 Å². The highest BCUT2D eigenvalue weighted by Crippen LogP contribution is 2.35. The molecule has 0 radical (unpaired) electrons. The fourth-order valence-electron chi connectivity index (χ4n) is 0.942. The molecule has 0 aliphatic rings. The Morgan fingerprint density at radius 1 is 1.40 bits per heavy atom. The SMILES string of the molecule is C[SH](C(S)=NS(N)(=O)=O)c1ccccc1. The molecule has 15 heavy (non-hydrogen) atoms. The van der Waals surface area contributed by atoms with E-state index in [0.717, 1.165) is 4.90 Å². The van der Waals surface area contributed by atoms with E-state index in [4.69, 9.17) is 5.14 Å². The zero-order valence-electron chi connectivity index (χ0n) is 8.03. The second-order valence-corrected chi connectivity index (χ2v) is 6.85. The fourth-order valence-corrected chi connectivity index (χ4v) is 3.54. The molecule has 0 amide bonds. The maximum absolute atomic E-state index is 10.7.